The summed E-state index contributed by atoms with van der Waals surface area (Å²) in [6, 6.07) is 0. The van der Waals surface area contributed by atoms with E-state index in [0.717, 1.165) is 18.4 Å². The van der Waals surface area contributed by atoms with Gasteiger partial charge in [-0.15, -0.1) is 0 Å². The van der Waals surface area contributed by atoms with Gasteiger partial charge in [-0.25, -0.2) is 0 Å². The van der Waals surface area contributed by atoms with Crippen molar-refractivity contribution in [2.75, 3.05) is 6.61 Å². The van der Waals surface area contributed by atoms with Crippen molar-refractivity contribution in [3.8, 4) is 0 Å². The van der Waals surface area contributed by atoms with Gasteiger partial charge in [0.05, 0.1) is 6.10 Å². The molecular weight excluding hydrogens is 136 g/mol. The van der Waals surface area contributed by atoms with Gasteiger partial charge in [0.25, 0.3) is 0 Å². The fraction of sp³-hybridized carbons (Fsp3) is 1.00. The summed E-state index contributed by atoms with van der Waals surface area (Å²) in [6.07, 6.45) is 7.78. The lowest BCUT2D eigenvalue weighted by atomic mass is 10.0. The molecule has 1 nitrogen and oxygen atoms in total. The zero-order valence-electron chi connectivity index (χ0n) is 7.38. The van der Waals surface area contributed by atoms with Crippen LogP contribution in [0.1, 0.15) is 39.0 Å². The fourth-order valence-corrected chi connectivity index (χ4v) is 2.88. The van der Waals surface area contributed by atoms with E-state index in [4.69, 9.17) is 4.74 Å². The highest BCUT2D eigenvalue weighted by Gasteiger charge is 2.37. The van der Waals surface area contributed by atoms with Gasteiger partial charge in [0, 0.05) is 6.61 Å². The molecule has 2 aliphatic rings. The molecule has 0 radical (unpaired) electrons. The summed E-state index contributed by atoms with van der Waals surface area (Å²) in [5, 5.41) is 0. The summed E-state index contributed by atoms with van der Waals surface area (Å²) in [4.78, 5) is 0. The Morgan fingerprint density at radius 3 is 2.36 bits per heavy atom. The van der Waals surface area contributed by atoms with Gasteiger partial charge in [-0.3, -0.25) is 0 Å². The largest absolute Gasteiger partial charge is 0.378 e. The van der Waals surface area contributed by atoms with Crippen LogP contribution in [0.2, 0.25) is 0 Å². The number of hydrogen-bond acceptors (Lipinski definition) is 1. The average Bonchev–Trinajstić information content (AvgIpc) is 2.46. The van der Waals surface area contributed by atoms with Crippen LogP contribution in [-0.4, -0.2) is 12.7 Å². The maximum Gasteiger partial charge on any atom is 0.0580 e. The van der Waals surface area contributed by atoms with Crippen molar-refractivity contribution in [2.45, 2.75) is 45.1 Å². The summed E-state index contributed by atoms with van der Waals surface area (Å²) < 4.78 is 5.64. The van der Waals surface area contributed by atoms with E-state index in [2.05, 4.69) is 6.92 Å². The van der Waals surface area contributed by atoms with Gasteiger partial charge in [0.1, 0.15) is 0 Å². The van der Waals surface area contributed by atoms with Crippen LogP contribution in [0.4, 0.5) is 0 Å². The highest BCUT2D eigenvalue weighted by Crippen LogP contribution is 2.44. The molecule has 2 unspecified atom stereocenters. The molecule has 2 fully saturated rings. The average molecular weight is 154 g/mol. The molecule has 0 bridgehead atoms. The first-order chi connectivity index (χ1) is 5.40. The predicted molar refractivity (Wildman–Crippen MR) is 45.5 cm³/mol. The zero-order valence-corrected chi connectivity index (χ0v) is 7.38. The Bertz CT molecular complexity index is 121. The third kappa shape index (κ3) is 1.44. The van der Waals surface area contributed by atoms with Crippen LogP contribution in [0.25, 0.3) is 0 Å². The summed E-state index contributed by atoms with van der Waals surface area (Å²) in [7, 11) is 0. The van der Waals surface area contributed by atoms with Crippen molar-refractivity contribution < 1.29 is 4.74 Å². The SMILES string of the molecule is CCOC1CC2CCCC2C1. The molecule has 64 valence electrons. The number of fused-ring (bicyclic) bond motifs is 1. The van der Waals surface area contributed by atoms with Gasteiger partial charge in [-0.05, 0) is 31.6 Å². The molecule has 0 saturated heterocycles. The third-order valence-electron chi connectivity index (χ3n) is 3.35. The van der Waals surface area contributed by atoms with Gasteiger partial charge < -0.3 is 4.74 Å². The minimum absolute atomic E-state index is 0.621. The van der Waals surface area contributed by atoms with Crippen LogP contribution in [0, 0.1) is 11.8 Å². The summed E-state index contributed by atoms with van der Waals surface area (Å²) in [5.41, 5.74) is 0. The van der Waals surface area contributed by atoms with Gasteiger partial charge in [-0.1, -0.05) is 19.3 Å². The Hall–Kier alpha value is -0.0400. The second kappa shape index (κ2) is 3.14. The van der Waals surface area contributed by atoms with Crippen LogP contribution in [0.5, 0.6) is 0 Å². The van der Waals surface area contributed by atoms with Gasteiger partial charge in [-0.2, -0.15) is 0 Å². The first kappa shape index (κ1) is 7.60. The van der Waals surface area contributed by atoms with Crippen LogP contribution < -0.4 is 0 Å². The van der Waals surface area contributed by atoms with E-state index >= 15 is 0 Å². The summed E-state index contributed by atoms with van der Waals surface area (Å²) in [6.45, 7) is 3.01. The Morgan fingerprint density at radius 2 is 1.82 bits per heavy atom. The molecule has 0 aliphatic heterocycles. The van der Waals surface area contributed by atoms with Crippen molar-refractivity contribution in [1.82, 2.24) is 0 Å². The first-order valence-corrected chi connectivity index (χ1v) is 5.01. The first-order valence-electron chi connectivity index (χ1n) is 5.01. The monoisotopic (exact) mass is 154 g/mol. The molecule has 0 heterocycles. The molecule has 0 aromatic carbocycles. The minimum atomic E-state index is 0.621. The molecule has 1 heteroatoms. The Labute approximate surface area is 69.1 Å². The van der Waals surface area contributed by atoms with Gasteiger partial charge in [0.2, 0.25) is 0 Å². The molecule has 11 heavy (non-hydrogen) atoms. The normalized spacial score (nSPS) is 42.8. The van der Waals surface area contributed by atoms with Crippen LogP contribution in [-0.2, 0) is 4.74 Å². The van der Waals surface area contributed by atoms with Crippen molar-refractivity contribution in [3.63, 3.8) is 0 Å². The van der Waals surface area contributed by atoms with E-state index in [0.29, 0.717) is 6.10 Å². The fourth-order valence-electron chi connectivity index (χ4n) is 2.88. The van der Waals surface area contributed by atoms with Gasteiger partial charge in [0.15, 0.2) is 0 Å². The molecule has 2 rings (SSSR count). The lowest BCUT2D eigenvalue weighted by Gasteiger charge is -2.09. The molecule has 0 aromatic heterocycles. The number of hydrogen-bond donors (Lipinski definition) is 0. The predicted octanol–water partition coefficient (Wildman–Crippen LogP) is 2.60. The molecule has 2 aliphatic carbocycles. The third-order valence-corrected chi connectivity index (χ3v) is 3.35. The molecular formula is C10H18O. The Morgan fingerprint density at radius 1 is 1.18 bits per heavy atom. The highest BCUT2D eigenvalue weighted by atomic mass is 16.5. The van der Waals surface area contributed by atoms with E-state index in [1.165, 1.54) is 32.1 Å². The highest BCUT2D eigenvalue weighted by molar-refractivity contribution is 4.88. The standard InChI is InChI=1S/C10H18O/c1-2-11-10-6-8-4-3-5-9(8)7-10/h8-10H,2-7H2,1H3. The van der Waals surface area contributed by atoms with Gasteiger partial charge >= 0.3 is 0 Å². The molecule has 2 atom stereocenters. The van der Waals surface area contributed by atoms with E-state index < -0.39 is 0 Å². The lowest BCUT2D eigenvalue weighted by molar-refractivity contribution is 0.0621. The number of ether oxygens (including phenoxy) is 1. The van der Waals surface area contributed by atoms with E-state index in [1.807, 2.05) is 0 Å². The van der Waals surface area contributed by atoms with Crippen LogP contribution in [0.15, 0.2) is 0 Å². The summed E-state index contributed by atoms with van der Waals surface area (Å²) >= 11 is 0. The smallest absolute Gasteiger partial charge is 0.0580 e. The van der Waals surface area contributed by atoms with Crippen molar-refractivity contribution in [1.29, 1.82) is 0 Å². The maximum absolute atomic E-state index is 5.64. The van der Waals surface area contributed by atoms with Crippen molar-refractivity contribution in [2.24, 2.45) is 11.8 Å². The second-order valence-corrected chi connectivity index (χ2v) is 4.00. The zero-order chi connectivity index (χ0) is 7.68. The molecule has 0 N–H and O–H groups in total. The van der Waals surface area contributed by atoms with E-state index in [-0.39, 0.29) is 0 Å². The Kier molecular flexibility index (Phi) is 2.17. The minimum Gasteiger partial charge on any atom is -0.378 e. The molecule has 0 amide bonds. The summed E-state index contributed by atoms with van der Waals surface area (Å²) in [5.74, 6) is 2.07. The quantitative estimate of drug-likeness (QED) is 0.594. The molecule has 0 spiro atoms. The van der Waals surface area contributed by atoms with Crippen molar-refractivity contribution in [3.05, 3.63) is 0 Å². The Balaban J connectivity index is 1.84. The number of rotatable bonds is 2. The van der Waals surface area contributed by atoms with Crippen molar-refractivity contribution >= 4 is 0 Å². The van der Waals surface area contributed by atoms with E-state index in [9.17, 15) is 0 Å². The van der Waals surface area contributed by atoms with E-state index in [1.54, 1.807) is 0 Å². The maximum atomic E-state index is 5.64. The topological polar surface area (TPSA) is 9.23 Å². The molecule has 0 aromatic rings. The van der Waals surface area contributed by atoms with Crippen LogP contribution >= 0.6 is 0 Å². The second-order valence-electron chi connectivity index (χ2n) is 4.00. The lowest BCUT2D eigenvalue weighted by Crippen LogP contribution is -2.08. The van der Waals surface area contributed by atoms with Crippen LogP contribution in [0.3, 0.4) is 0 Å². The molecule has 2 saturated carbocycles.